The van der Waals surface area contributed by atoms with Gasteiger partial charge in [0.1, 0.15) is 0 Å². The summed E-state index contributed by atoms with van der Waals surface area (Å²) in [6.07, 6.45) is 6.55. The van der Waals surface area contributed by atoms with Crippen LogP contribution in [-0.4, -0.2) is 33.2 Å². The van der Waals surface area contributed by atoms with Gasteiger partial charge in [-0.05, 0) is 25.8 Å². The van der Waals surface area contributed by atoms with Crippen LogP contribution in [0.3, 0.4) is 0 Å². The molecule has 0 bridgehead atoms. The Morgan fingerprint density at radius 2 is 2.40 bits per heavy atom. The van der Waals surface area contributed by atoms with Crippen molar-refractivity contribution in [3.05, 3.63) is 18.5 Å². The molecule has 0 unspecified atom stereocenters. The van der Waals surface area contributed by atoms with E-state index in [1.54, 1.807) is 10.9 Å². The van der Waals surface area contributed by atoms with E-state index in [2.05, 4.69) is 5.10 Å². The second-order valence-corrected chi connectivity index (χ2v) is 3.93. The van der Waals surface area contributed by atoms with E-state index in [4.69, 9.17) is 0 Å². The first-order valence-corrected chi connectivity index (χ1v) is 5.58. The number of hydrogen-bond donors (Lipinski definition) is 0. The molecule has 0 spiro atoms. The number of aromatic nitrogens is 2. The van der Waals surface area contributed by atoms with E-state index in [9.17, 15) is 4.79 Å². The van der Waals surface area contributed by atoms with E-state index in [-0.39, 0.29) is 5.91 Å². The Labute approximate surface area is 89.9 Å². The fraction of sp³-hybridized carbons (Fsp3) is 0.636. The lowest BCUT2D eigenvalue weighted by Crippen LogP contribution is -2.33. The largest absolute Gasteiger partial charge is 0.340 e. The Kier molecular flexibility index (Phi) is 3.04. The molecule has 1 aliphatic carbocycles. The van der Waals surface area contributed by atoms with E-state index >= 15 is 0 Å². The molecule has 1 fully saturated rings. The molecule has 1 saturated carbocycles. The third kappa shape index (κ3) is 2.58. The molecule has 1 aromatic rings. The first-order chi connectivity index (χ1) is 7.31. The van der Waals surface area contributed by atoms with E-state index < -0.39 is 0 Å². The van der Waals surface area contributed by atoms with Crippen LogP contribution in [0.25, 0.3) is 0 Å². The second-order valence-electron chi connectivity index (χ2n) is 3.93. The van der Waals surface area contributed by atoms with Gasteiger partial charge in [-0.25, -0.2) is 0 Å². The normalized spacial score (nSPS) is 15.3. The summed E-state index contributed by atoms with van der Waals surface area (Å²) < 4.78 is 1.80. The van der Waals surface area contributed by atoms with Gasteiger partial charge in [0.25, 0.3) is 0 Å². The average Bonchev–Trinajstić information content (AvgIpc) is 2.93. The summed E-state index contributed by atoms with van der Waals surface area (Å²) in [5, 5.41) is 4.08. The number of aryl methyl sites for hydroxylation is 1. The van der Waals surface area contributed by atoms with Crippen LogP contribution in [0.1, 0.15) is 26.2 Å². The summed E-state index contributed by atoms with van der Waals surface area (Å²) in [5.74, 6) is 0.260. The van der Waals surface area contributed by atoms with Gasteiger partial charge in [0.15, 0.2) is 0 Å². The quantitative estimate of drug-likeness (QED) is 0.729. The van der Waals surface area contributed by atoms with Crippen LogP contribution >= 0.6 is 0 Å². The first-order valence-electron chi connectivity index (χ1n) is 5.58. The molecule has 0 aliphatic heterocycles. The predicted octanol–water partition coefficient (Wildman–Crippen LogP) is 1.28. The van der Waals surface area contributed by atoms with Gasteiger partial charge in [-0.3, -0.25) is 9.48 Å². The van der Waals surface area contributed by atoms with Crippen LogP contribution in [0.5, 0.6) is 0 Å². The van der Waals surface area contributed by atoms with Crippen molar-refractivity contribution in [1.29, 1.82) is 0 Å². The van der Waals surface area contributed by atoms with Crippen LogP contribution in [0.15, 0.2) is 18.5 Å². The lowest BCUT2D eigenvalue weighted by Gasteiger charge is -2.20. The number of nitrogens with zero attached hydrogens (tertiary/aromatic N) is 3. The summed E-state index contributed by atoms with van der Waals surface area (Å²) in [6.45, 7) is 3.57. The summed E-state index contributed by atoms with van der Waals surface area (Å²) in [5.41, 5.74) is 0. The summed E-state index contributed by atoms with van der Waals surface area (Å²) in [7, 11) is 0. The molecule has 0 radical (unpaired) electrons. The van der Waals surface area contributed by atoms with Gasteiger partial charge in [0.2, 0.25) is 5.91 Å². The van der Waals surface area contributed by atoms with Gasteiger partial charge in [-0.15, -0.1) is 0 Å². The number of amides is 1. The zero-order valence-corrected chi connectivity index (χ0v) is 9.09. The summed E-state index contributed by atoms with van der Waals surface area (Å²) in [4.78, 5) is 13.8. The van der Waals surface area contributed by atoms with Gasteiger partial charge < -0.3 is 4.90 Å². The Morgan fingerprint density at radius 3 is 2.93 bits per heavy atom. The van der Waals surface area contributed by atoms with Crippen molar-refractivity contribution < 1.29 is 4.79 Å². The fourth-order valence-corrected chi connectivity index (χ4v) is 1.81. The molecule has 4 heteroatoms. The minimum Gasteiger partial charge on any atom is -0.340 e. The van der Waals surface area contributed by atoms with E-state index in [1.807, 2.05) is 24.1 Å². The van der Waals surface area contributed by atoms with Crippen LogP contribution in [0, 0.1) is 0 Å². The van der Waals surface area contributed by atoms with Gasteiger partial charge >= 0.3 is 0 Å². The summed E-state index contributed by atoms with van der Waals surface area (Å²) in [6, 6.07) is 2.41. The van der Waals surface area contributed by atoms with Crippen LogP contribution in [0.2, 0.25) is 0 Å². The molecule has 4 nitrogen and oxygen atoms in total. The van der Waals surface area contributed by atoms with Gasteiger partial charge in [0, 0.05) is 37.9 Å². The molecule has 15 heavy (non-hydrogen) atoms. The molecule has 0 aromatic carbocycles. The van der Waals surface area contributed by atoms with Crippen molar-refractivity contribution in [2.75, 3.05) is 6.54 Å². The molecule has 0 N–H and O–H groups in total. The van der Waals surface area contributed by atoms with Gasteiger partial charge in [-0.1, -0.05) is 0 Å². The number of hydrogen-bond acceptors (Lipinski definition) is 2. The van der Waals surface area contributed by atoms with Crippen LogP contribution < -0.4 is 0 Å². The molecule has 0 saturated heterocycles. The molecular weight excluding hydrogens is 190 g/mol. The maximum atomic E-state index is 11.8. The number of carbonyl (C=O) groups is 1. The second kappa shape index (κ2) is 4.47. The number of carbonyl (C=O) groups excluding carboxylic acids is 1. The highest BCUT2D eigenvalue weighted by Crippen LogP contribution is 2.26. The maximum absolute atomic E-state index is 11.8. The lowest BCUT2D eigenvalue weighted by molar-refractivity contribution is -0.131. The summed E-state index contributed by atoms with van der Waals surface area (Å²) >= 11 is 0. The lowest BCUT2D eigenvalue weighted by atomic mass is 10.3. The smallest absolute Gasteiger partial charge is 0.224 e. The highest BCUT2D eigenvalue weighted by molar-refractivity contribution is 5.76. The minimum atomic E-state index is 0.260. The topological polar surface area (TPSA) is 38.1 Å². The molecular formula is C11H17N3O. The zero-order valence-electron chi connectivity index (χ0n) is 9.09. The highest BCUT2D eigenvalue weighted by Gasteiger charge is 2.30. The Morgan fingerprint density at radius 1 is 1.60 bits per heavy atom. The molecule has 1 amide bonds. The molecule has 0 atom stereocenters. The van der Waals surface area contributed by atoms with E-state index in [1.165, 1.54) is 12.8 Å². The Bertz CT molecular complexity index is 317. The molecule has 2 rings (SSSR count). The van der Waals surface area contributed by atoms with Crippen molar-refractivity contribution in [2.24, 2.45) is 0 Å². The van der Waals surface area contributed by atoms with E-state index in [0.29, 0.717) is 19.0 Å². The van der Waals surface area contributed by atoms with Gasteiger partial charge in [-0.2, -0.15) is 5.10 Å². The van der Waals surface area contributed by atoms with Crippen molar-refractivity contribution in [3.63, 3.8) is 0 Å². The van der Waals surface area contributed by atoms with Crippen LogP contribution in [-0.2, 0) is 11.3 Å². The molecule has 1 aliphatic rings. The molecule has 1 heterocycles. The maximum Gasteiger partial charge on any atom is 0.224 e. The SMILES string of the molecule is CCN(C(=O)CCn1cccn1)C1CC1. The van der Waals surface area contributed by atoms with Crippen molar-refractivity contribution >= 4 is 5.91 Å². The van der Waals surface area contributed by atoms with Crippen molar-refractivity contribution in [1.82, 2.24) is 14.7 Å². The van der Waals surface area contributed by atoms with Crippen LogP contribution in [0.4, 0.5) is 0 Å². The van der Waals surface area contributed by atoms with E-state index in [0.717, 1.165) is 6.54 Å². The highest BCUT2D eigenvalue weighted by atomic mass is 16.2. The Balaban J connectivity index is 1.80. The predicted molar refractivity (Wildman–Crippen MR) is 57.3 cm³/mol. The molecule has 82 valence electrons. The first kappa shape index (κ1) is 10.2. The standard InChI is InChI=1S/C11H17N3O/c1-2-14(10-4-5-10)11(15)6-9-13-8-3-7-12-13/h3,7-8,10H,2,4-6,9H2,1H3. The zero-order chi connectivity index (χ0) is 10.7. The fourth-order valence-electron chi connectivity index (χ4n) is 1.81. The minimum absolute atomic E-state index is 0.260. The monoisotopic (exact) mass is 207 g/mol. The average molecular weight is 207 g/mol. The third-order valence-electron chi connectivity index (χ3n) is 2.76. The number of rotatable bonds is 5. The van der Waals surface area contributed by atoms with Crippen molar-refractivity contribution in [3.8, 4) is 0 Å². The van der Waals surface area contributed by atoms with Crippen molar-refractivity contribution in [2.45, 2.75) is 38.8 Å². The third-order valence-corrected chi connectivity index (χ3v) is 2.76. The van der Waals surface area contributed by atoms with Gasteiger partial charge in [0.05, 0.1) is 0 Å². The Hall–Kier alpha value is -1.32. The molecule has 1 aromatic heterocycles.